The van der Waals surface area contributed by atoms with Crippen LogP contribution in [0.5, 0.6) is 11.5 Å². The molecule has 27 heavy (non-hydrogen) atoms. The molecule has 0 aliphatic rings. The first kappa shape index (κ1) is 19.2. The van der Waals surface area contributed by atoms with Crippen LogP contribution in [0.3, 0.4) is 0 Å². The Bertz CT molecular complexity index is 830. The third-order valence-electron chi connectivity index (χ3n) is 4.44. The van der Waals surface area contributed by atoms with Crippen LogP contribution in [-0.4, -0.2) is 19.2 Å². The Balaban J connectivity index is 1.87. The Labute approximate surface area is 168 Å². The molecule has 0 N–H and O–H groups in total. The van der Waals surface area contributed by atoms with Crippen molar-refractivity contribution in [2.75, 3.05) is 19.1 Å². The Kier molecular flexibility index (Phi) is 6.35. The van der Waals surface area contributed by atoms with Crippen molar-refractivity contribution in [1.29, 1.82) is 0 Å². The van der Waals surface area contributed by atoms with Gasteiger partial charge in [-0.15, -0.1) is 0 Å². The Hall–Kier alpha value is -2.53. The zero-order chi connectivity index (χ0) is 19.2. The second kappa shape index (κ2) is 8.91. The van der Waals surface area contributed by atoms with E-state index in [2.05, 4.69) is 56.1 Å². The van der Waals surface area contributed by atoms with Crippen LogP contribution < -0.4 is 14.4 Å². The molecule has 0 amide bonds. The zero-order valence-electron chi connectivity index (χ0n) is 15.8. The summed E-state index contributed by atoms with van der Waals surface area (Å²) in [4.78, 5) is 6.82. The first-order chi connectivity index (χ1) is 13.1. The van der Waals surface area contributed by atoms with Gasteiger partial charge in [-0.3, -0.25) is 4.98 Å². The van der Waals surface area contributed by atoms with Crippen LogP contribution in [0.15, 0.2) is 65.3 Å². The Morgan fingerprint density at radius 2 is 1.33 bits per heavy atom. The van der Waals surface area contributed by atoms with Crippen molar-refractivity contribution in [3.63, 3.8) is 0 Å². The van der Waals surface area contributed by atoms with Crippen molar-refractivity contribution in [3.05, 3.63) is 82.1 Å². The van der Waals surface area contributed by atoms with Crippen LogP contribution in [0, 0.1) is 6.92 Å². The summed E-state index contributed by atoms with van der Waals surface area (Å²) in [7, 11) is 3.36. The molecule has 0 bridgehead atoms. The van der Waals surface area contributed by atoms with E-state index in [0.29, 0.717) is 0 Å². The predicted molar refractivity (Wildman–Crippen MR) is 113 cm³/mol. The molecule has 0 atom stereocenters. The highest BCUT2D eigenvalue weighted by atomic mass is 79.9. The molecule has 3 rings (SSSR count). The van der Waals surface area contributed by atoms with Gasteiger partial charge in [-0.05, 0) is 64.3 Å². The lowest BCUT2D eigenvalue weighted by atomic mass is 10.1. The summed E-state index contributed by atoms with van der Waals surface area (Å²) in [6, 6.07) is 18.5. The number of halogens is 1. The normalized spacial score (nSPS) is 10.5. The van der Waals surface area contributed by atoms with Gasteiger partial charge in [0.05, 0.1) is 31.8 Å². The average molecular weight is 427 g/mol. The number of methoxy groups -OCH3 is 2. The van der Waals surface area contributed by atoms with Crippen molar-refractivity contribution in [3.8, 4) is 11.5 Å². The number of aromatic nitrogens is 1. The minimum absolute atomic E-state index is 0.771. The third kappa shape index (κ3) is 5.01. The van der Waals surface area contributed by atoms with E-state index in [9.17, 15) is 0 Å². The van der Waals surface area contributed by atoms with E-state index < -0.39 is 0 Å². The smallest absolute Gasteiger partial charge is 0.118 e. The minimum Gasteiger partial charge on any atom is -0.497 e. The molecule has 4 nitrogen and oxygen atoms in total. The van der Waals surface area contributed by atoms with E-state index in [1.54, 1.807) is 14.2 Å². The topological polar surface area (TPSA) is 34.6 Å². The van der Waals surface area contributed by atoms with Gasteiger partial charge in [0.2, 0.25) is 0 Å². The summed E-state index contributed by atoms with van der Waals surface area (Å²) in [5.74, 6) is 1.72. The molecule has 140 valence electrons. The van der Waals surface area contributed by atoms with Gasteiger partial charge < -0.3 is 14.4 Å². The first-order valence-corrected chi connectivity index (χ1v) is 9.51. The summed E-state index contributed by atoms with van der Waals surface area (Å²) >= 11 is 3.60. The summed E-state index contributed by atoms with van der Waals surface area (Å²) in [5, 5.41) is 0. The van der Waals surface area contributed by atoms with Gasteiger partial charge >= 0.3 is 0 Å². The van der Waals surface area contributed by atoms with Gasteiger partial charge in [0.25, 0.3) is 0 Å². The number of rotatable bonds is 7. The van der Waals surface area contributed by atoms with Gasteiger partial charge in [-0.1, -0.05) is 24.3 Å². The summed E-state index contributed by atoms with van der Waals surface area (Å²) in [6.07, 6.45) is 1.92. The van der Waals surface area contributed by atoms with Gasteiger partial charge in [0.1, 0.15) is 11.5 Å². The second-order valence-electron chi connectivity index (χ2n) is 6.31. The maximum absolute atomic E-state index is 5.26. The lowest BCUT2D eigenvalue weighted by Gasteiger charge is -2.25. The molecule has 0 saturated heterocycles. The zero-order valence-corrected chi connectivity index (χ0v) is 17.4. The molecule has 1 heterocycles. The van der Waals surface area contributed by atoms with E-state index in [1.807, 2.05) is 37.4 Å². The molecule has 2 aromatic carbocycles. The first-order valence-electron chi connectivity index (χ1n) is 8.72. The molecular formula is C22H23BrN2O2. The van der Waals surface area contributed by atoms with Gasteiger partial charge in [-0.2, -0.15) is 0 Å². The second-order valence-corrected chi connectivity index (χ2v) is 7.17. The maximum atomic E-state index is 5.26. The Morgan fingerprint density at radius 1 is 0.852 bits per heavy atom. The highest BCUT2D eigenvalue weighted by Gasteiger charge is 2.11. The van der Waals surface area contributed by atoms with Crippen molar-refractivity contribution >= 4 is 21.6 Å². The molecule has 0 aliphatic carbocycles. The number of nitrogens with zero attached hydrogens (tertiary/aromatic N) is 2. The number of hydrogen-bond acceptors (Lipinski definition) is 4. The molecular weight excluding hydrogens is 404 g/mol. The summed E-state index contributed by atoms with van der Waals surface area (Å²) in [5.41, 5.74) is 4.47. The third-order valence-corrected chi connectivity index (χ3v) is 5.24. The summed E-state index contributed by atoms with van der Waals surface area (Å²) < 4.78 is 11.5. The number of pyridine rings is 1. The van der Waals surface area contributed by atoms with Crippen molar-refractivity contribution in [1.82, 2.24) is 4.98 Å². The largest absolute Gasteiger partial charge is 0.497 e. The maximum Gasteiger partial charge on any atom is 0.118 e. The van der Waals surface area contributed by atoms with Crippen LogP contribution in [0.1, 0.15) is 16.8 Å². The van der Waals surface area contributed by atoms with E-state index in [1.165, 1.54) is 11.1 Å². The number of anilines is 1. The molecule has 5 heteroatoms. The van der Waals surface area contributed by atoms with Crippen LogP contribution in [0.4, 0.5) is 5.69 Å². The molecule has 0 spiro atoms. The van der Waals surface area contributed by atoms with E-state index >= 15 is 0 Å². The highest BCUT2D eigenvalue weighted by molar-refractivity contribution is 9.10. The number of hydrogen-bond donors (Lipinski definition) is 0. The standard InChI is InChI=1S/C22H23BrN2O2/c1-16-22(23)12-19(13-24-16)25(14-17-4-8-20(26-2)9-5-17)15-18-6-10-21(27-3)11-7-18/h4-13H,14-15H2,1-3H3. The summed E-state index contributed by atoms with van der Waals surface area (Å²) in [6.45, 7) is 3.53. The van der Waals surface area contributed by atoms with Crippen molar-refractivity contribution in [2.24, 2.45) is 0 Å². The molecule has 0 radical (unpaired) electrons. The lowest BCUT2D eigenvalue weighted by molar-refractivity contribution is 0.414. The van der Waals surface area contributed by atoms with Gasteiger partial charge in [-0.25, -0.2) is 0 Å². The number of ether oxygens (including phenoxy) is 2. The monoisotopic (exact) mass is 426 g/mol. The molecule has 0 saturated carbocycles. The lowest BCUT2D eigenvalue weighted by Crippen LogP contribution is -2.22. The van der Waals surface area contributed by atoms with E-state index in [4.69, 9.17) is 9.47 Å². The average Bonchev–Trinajstić information content (AvgIpc) is 2.70. The molecule has 0 aliphatic heterocycles. The van der Waals surface area contributed by atoms with Gasteiger partial charge in [0, 0.05) is 17.6 Å². The van der Waals surface area contributed by atoms with Crippen molar-refractivity contribution in [2.45, 2.75) is 20.0 Å². The fourth-order valence-electron chi connectivity index (χ4n) is 2.81. The Morgan fingerprint density at radius 3 is 1.74 bits per heavy atom. The minimum atomic E-state index is 0.771. The number of aryl methyl sites for hydroxylation is 1. The fraction of sp³-hybridized carbons (Fsp3) is 0.227. The number of benzene rings is 2. The molecule has 3 aromatic rings. The van der Waals surface area contributed by atoms with Crippen molar-refractivity contribution < 1.29 is 9.47 Å². The van der Waals surface area contributed by atoms with Crippen LogP contribution in [0.2, 0.25) is 0 Å². The van der Waals surface area contributed by atoms with Gasteiger partial charge in [0.15, 0.2) is 0 Å². The van der Waals surface area contributed by atoms with E-state index in [-0.39, 0.29) is 0 Å². The van der Waals surface area contributed by atoms with Crippen LogP contribution >= 0.6 is 15.9 Å². The predicted octanol–water partition coefficient (Wildman–Crippen LogP) is 5.38. The van der Waals surface area contributed by atoms with E-state index in [0.717, 1.165) is 40.4 Å². The highest BCUT2D eigenvalue weighted by Crippen LogP contribution is 2.26. The van der Waals surface area contributed by atoms with Crippen LogP contribution in [-0.2, 0) is 13.1 Å². The quantitative estimate of drug-likeness (QED) is 0.507. The SMILES string of the molecule is COc1ccc(CN(Cc2ccc(OC)cc2)c2cnc(C)c(Br)c2)cc1. The molecule has 0 fully saturated rings. The molecule has 1 aromatic heterocycles. The fourth-order valence-corrected chi connectivity index (χ4v) is 3.15. The molecule has 0 unspecified atom stereocenters. The van der Waals surface area contributed by atoms with Crippen LogP contribution in [0.25, 0.3) is 0 Å².